The second-order valence-electron chi connectivity index (χ2n) is 3.48. The van der Waals surface area contributed by atoms with Gasteiger partial charge in [0.15, 0.2) is 10.6 Å². The van der Waals surface area contributed by atoms with Gasteiger partial charge in [-0.2, -0.15) is 5.10 Å². The van der Waals surface area contributed by atoms with E-state index in [-0.39, 0.29) is 5.56 Å². The van der Waals surface area contributed by atoms with E-state index in [1.807, 2.05) is 11.5 Å². The third-order valence-electron chi connectivity index (χ3n) is 2.46. The van der Waals surface area contributed by atoms with E-state index >= 15 is 0 Å². The number of aromatic nitrogens is 3. The zero-order valence-electron chi connectivity index (χ0n) is 9.17. The largest absolute Gasteiger partial charge is 0.478 e. The van der Waals surface area contributed by atoms with Crippen LogP contribution in [0.25, 0.3) is 11.4 Å². The average Bonchev–Trinajstić information content (AvgIpc) is 2.70. The molecule has 1 aromatic carbocycles. The fourth-order valence-corrected chi connectivity index (χ4v) is 1.85. The molecular weight excluding hydrogens is 238 g/mol. The van der Waals surface area contributed by atoms with Gasteiger partial charge in [0, 0.05) is 12.1 Å². The van der Waals surface area contributed by atoms with Gasteiger partial charge in [-0.1, -0.05) is 12.1 Å². The number of carbonyl (C=O) groups is 1. The second-order valence-corrected chi connectivity index (χ2v) is 3.87. The quantitative estimate of drug-likeness (QED) is 0.819. The molecule has 0 aliphatic heterocycles. The number of carboxylic acid groups (broad SMARTS) is 1. The summed E-state index contributed by atoms with van der Waals surface area (Å²) in [6, 6.07) is 6.55. The molecule has 1 heterocycles. The standard InChI is InChI=1S/C11H11N3O2S/c1-2-14-9(12-13-11(14)17)7-3-5-8(6-4-7)10(15)16/h3-6H,2H2,1H3,(H,13,17)(H,15,16). The van der Waals surface area contributed by atoms with Crippen LogP contribution in [0.4, 0.5) is 0 Å². The predicted molar refractivity (Wildman–Crippen MR) is 65.5 cm³/mol. The maximum atomic E-state index is 10.7. The zero-order valence-corrected chi connectivity index (χ0v) is 9.99. The van der Waals surface area contributed by atoms with Gasteiger partial charge in [0.05, 0.1) is 5.56 Å². The molecule has 0 spiro atoms. The Morgan fingerprint density at radius 3 is 2.65 bits per heavy atom. The molecule has 2 aromatic rings. The number of aromatic carboxylic acids is 1. The van der Waals surface area contributed by atoms with Crippen molar-refractivity contribution in [3.63, 3.8) is 0 Å². The number of hydrogen-bond donors (Lipinski definition) is 2. The molecule has 0 aliphatic rings. The third-order valence-corrected chi connectivity index (χ3v) is 2.78. The first-order valence-electron chi connectivity index (χ1n) is 5.12. The summed E-state index contributed by atoms with van der Waals surface area (Å²) < 4.78 is 2.41. The monoisotopic (exact) mass is 249 g/mol. The Morgan fingerprint density at radius 2 is 2.12 bits per heavy atom. The second kappa shape index (κ2) is 4.50. The molecule has 0 fully saturated rings. The molecule has 0 saturated heterocycles. The zero-order chi connectivity index (χ0) is 12.4. The highest BCUT2D eigenvalue weighted by Crippen LogP contribution is 2.17. The van der Waals surface area contributed by atoms with Gasteiger partial charge in [-0.25, -0.2) is 4.79 Å². The van der Waals surface area contributed by atoms with Crippen molar-refractivity contribution < 1.29 is 9.90 Å². The fourth-order valence-electron chi connectivity index (χ4n) is 1.59. The van der Waals surface area contributed by atoms with Gasteiger partial charge < -0.3 is 9.67 Å². The fraction of sp³-hybridized carbons (Fsp3) is 0.182. The molecule has 0 radical (unpaired) electrons. The maximum Gasteiger partial charge on any atom is 0.335 e. The lowest BCUT2D eigenvalue weighted by Crippen LogP contribution is -1.99. The van der Waals surface area contributed by atoms with Crippen LogP contribution in [0, 0.1) is 4.77 Å². The normalized spacial score (nSPS) is 10.4. The first kappa shape index (κ1) is 11.5. The van der Waals surface area contributed by atoms with Crippen molar-refractivity contribution in [3.8, 4) is 11.4 Å². The number of nitrogens with zero attached hydrogens (tertiary/aromatic N) is 2. The van der Waals surface area contributed by atoms with Crippen molar-refractivity contribution >= 4 is 18.2 Å². The summed E-state index contributed by atoms with van der Waals surface area (Å²) in [6.07, 6.45) is 0. The first-order chi connectivity index (χ1) is 8.13. The van der Waals surface area contributed by atoms with Crippen molar-refractivity contribution in [2.45, 2.75) is 13.5 Å². The molecular formula is C11H11N3O2S. The van der Waals surface area contributed by atoms with E-state index in [1.54, 1.807) is 24.3 Å². The van der Waals surface area contributed by atoms with E-state index in [4.69, 9.17) is 17.3 Å². The Hall–Kier alpha value is -1.95. The number of H-pyrrole nitrogens is 1. The van der Waals surface area contributed by atoms with Crippen LogP contribution in [0.2, 0.25) is 0 Å². The Kier molecular flexibility index (Phi) is 3.06. The molecule has 88 valence electrons. The number of carboxylic acids is 1. The summed E-state index contributed by atoms with van der Waals surface area (Å²) in [5.74, 6) is -0.222. The SMILES string of the molecule is CCn1c(-c2ccc(C(=O)O)cc2)n[nH]c1=S. The van der Waals surface area contributed by atoms with Crippen molar-refractivity contribution in [2.24, 2.45) is 0 Å². The molecule has 5 nitrogen and oxygen atoms in total. The van der Waals surface area contributed by atoms with Crippen LogP contribution in [0.1, 0.15) is 17.3 Å². The van der Waals surface area contributed by atoms with Crippen molar-refractivity contribution in [3.05, 3.63) is 34.6 Å². The van der Waals surface area contributed by atoms with E-state index < -0.39 is 5.97 Å². The Morgan fingerprint density at radius 1 is 1.47 bits per heavy atom. The molecule has 17 heavy (non-hydrogen) atoms. The topological polar surface area (TPSA) is 70.9 Å². The summed E-state index contributed by atoms with van der Waals surface area (Å²) in [5.41, 5.74) is 1.09. The molecule has 0 atom stereocenters. The highest BCUT2D eigenvalue weighted by molar-refractivity contribution is 7.71. The molecule has 0 aliphatic carbocycles. The number of benzene rings is 1. The highest BCUT2D eigenvalue weighted by atomic mass is 32.1. The summed E-state index contributed by atoms with van der Waals surface area (Å²) in [5, 5.41) is 15.7. The van der Waals surface area contributed by atoms with E-state index in [1.165, 1.54) is 0 Å². The van der Waals surface area contributed by atoms with Crippen molar-refractivity contribution in [1.82, 2.24) is 14.8 Å². The minimum Gasteiger partial charge on any atom is -0.478 e. The lowest BCUT2D eigenvalue weighted by atomic mass is 10.1. The van der Waals surface area contributed by atoms with Crippen LogP contribution in [0.3, 0.4) is 0 Å². The van der Waals surface area contributed by atoms with Crippen LogP contribution in [0.15, 0.2) is 24.3 Å². The van der Waals surface area contributed by atoms with E-state index in [9.17, 15) is 4.79 Å². The van der Waals surface area contributed by atoms with Gasteiger partial charge in [0.1, 0.15) is 0 Å². The molecule has 0 amide bonds. The Balaban J connectivity index is 2.46. The average molecular weight is 249 g/mol. The van der Waals surface area contributed by atoms with Gasteiger partial charge in [0.25, 0.3) is 0 Å². The van der Waals surface area contributed by atoms with Gasteiger partial charge >= 0.3 is 5.97 Å². The maximum absolute atomic E-state index is 10.7. The smallest absolute Gasteiger partial charge is 0.335 e. The molecule has 0 saturated carbocycles. The number of aromatic amines is 1. The van der Waals surface area contributed by atoms with Crippen LogP contribution in [-0.2, 0) is 6.54 Å². The summed E-state index contributed by atoms with van der Waals surface area (Å²) in [4.78, 5) is 10.7. The summed E-state index contributed by atoms with van der Waals surface area (Å²) in [7, 11) is 0. The summed E-state index contributed by atoms with van der Waals surface area (Å²) >= 11 is 5.09. The van der Waals surface area contributed by atoms with Crippen molar-refractivity contribution in [1.29, 1.82) is 0 Å². The van der Waals surface area contributed by atoms with Crippen LogP contribution in [0.5, 0.6) is 0 Å². The van der Waals surface area contributed by atoms with E-state index in [0.29, 0.717) is 11.3 Å². The summed E-state index contributed by atoms with van der Waals surface area (Å²) in [6.45, 7) is 2.69. The Labute approximate surface area is 103 Å². The lowest BCUT2D eigenvalue weighted by Gasteiger charge is -2.03. The number of rotatable bonds is 3. The number of nitrogens with one attached hydrogen (secondary N) is 1. The minimum absolute atomic E-state index is 0.255. The first-order valence-corrected chi connectivity index (χ1v) is 5.53. The molecule has 0 bridgehead atoms. The van der Waals surface area contributed by atoms with Gasteiger partial charge in [0.2, 0.25) is 0 Å². The lowest BCUT2D eigenvalue weighted by molar-refractivity contribution is 0.0697. The molecule has 6 heteroatoms. The molecule has 1 aromatic heterocycles. The van der Waals surface area contributed by atoms with Crippen LogP contribution < -0.4 is 0 Å². The molecule has 2 N–H and O–H groups in total. The van der Waals surface area contributed by atoms with Gasteiger partial charge in [-0.05, 0) is 31.3 Å². The third kappa shape index (κ3) is 2.12. The van der Waals surface area contributed by atoms with Crippen molar-refractivity contribution in [2.75, 3.05) is 0 Å². The van der Waals surface area contributed by atoms with Crippen LogP contribution >= 0.6 is 12.2 Å². The van der Waals surface area contributed by atoms with Gasteiger partial charge in [-0.15, -0.1) is 0 Å². The predicted octanol–water partition coefficient (Wildman–Crippen LogP) is 2.33. The van der Waals surface area contributed by atoms with Crippen LogP contribution in [-0.4, -0.2) is 25.8 Å². The van der Waals surface area contributed by atoms with E-state index in [0.717, 1.165) is 11.4 Å². The molecule has 0 unspecified atom stereocenters. The molecule has 2 rings (SSSR count). The van der Waals surface area contributed by atoms with Gasteiger partial charge in [-0.3, -0.25) is 5.10 Å². The minimum atomic E-state index is -0.939. The number of hydrogen-bond acceptors (Lipinski definition) is 3. The Bertz CT molecular complexity index is 598. The van der Waals surface area contributed by atoms with E-state index in [2.05, 4.69) is 10.2 Å². The highest BCUT2D eigenvalue weighted by Gasteiger charge is 2.08.